The van der Waals surface area contributed by atoms with Crippen molar-refractivity contribution < 1.29 is 26.6 Å². The predicted molar refractivity (Wildman–Crippen MR) is 131 cm³/mol. The quantitative estimate of drug-likeness (QED) is 0.175. The maximum absolute atomic E-state index is 11.1. The van der Waals surface area contributed by atoms with Crippen LogP contribution in [0, 0.1) is 10.1 Å². The third kappa shape index (κ3) is 4.26. The number of non-ortho nitro benzene ring substituents is 1. The van der Waals surface area contributed by atoms with E-state index in [1.165, 1.54) is 12.1 Å². The van der Waals surface area contributed by atoms with Gasteiger partial charge in [-0.3, -0.25) is 10.1 Å². The van der Waals surface area contributed by atoms with Crippen molar-refractivity contribution in [2.24, 2.45) is 0 Å². The zero-order chi connectivity index (χ0) is 22.4. The van der Waals surface area contributed by atoms with Crippen LogP contribution in [-0.4, -0.2) is 24.9 Å². The van der Waals surface area contributed by atoms with Gasteiger partial charge in [-0.25, -0.2) is 9.97 Å². The van der Waals surface area contributed by atoms with Gasteiger partial charge in [0, 0.05) is 61.5 Å². The summed E-state index contributed by atoms with van der Waals surface area (Å²) in [6.07, 6.45) is 7.89. The summed E-state index contributed by atoms with van der Waals surface area (Å²) in [6, 6.07) is 20.6. The molecule has 6 rings (SSSR count). The average Bonchev–Trinajstić information content (AvgIpc) is 3.59. The van der Waals surface area contributed by atoms with Gasteiger partial charge in [0.1, 0.15) is 0 Å². The standard InChI is InChI=1S/C26H17N5O2.Ti/c32-31(33)24-9-1-16(2-10-24)25-14-23-13-21-6-5-19(28-21)11-17-3-4-18(27-17)12-20-7-8-22(29-20)15-26(25)30-23;/h1-15,27,30H;. The number of rotatable bonds is 2. The molecule has 0 radical (unpaired) electrons. The first-order valence-corrected chi connectivity index (χ1v) is 10.4. The van der Waals surface area contributed by atoms with E-state index in [2.05, 4.69) is 9.97 Å². The molecule has 162 valence electrons. The van der Waals surface area contributed by atoms with Crippen molar-refractivity contribution in [1.29, 1.82) is 0 Å². The molecule has 0 unspecified atom stereocenters. The molecule has 0 fully saturated rings. The van der Waals surface area contributed by atoms with Crippen LogP contribution in [0.1, 0.15) is 22.8 Å². The molecule has 5 heterocycles. The van der Waals surface area contributed by atoms with Gasteiger partial charge in [-0.1, -0.05) is 0 Å². The SMILES string of the molecule is O=[N+]([O-])c1ccc(-c2cc3cc4nc(cc5ccc(cc6nc(cc2[nH]3)C=C6)[nH]5)C=C4)cc1.[Ti]. The second kappa shape index (κ2) is 8.70. The molecule has 8 bridgehead atoms. The average molecular weight is 479 g/mol. The Balaban J connectivity index is 0.00000241. The third-order valence-electron chi connectivity index (χ3n) is 5.56. The van der Waals surface area contributed by atoms with Gasteiger partial charge in [0.2, 0.25) is 0 Å². The van der Waals surface area contributed by atoms with Gasteiger partial charge in [-0.2, -0.15) is 0 Å². The minimum atomic E-state index is -0.394. The summed E-state index contributed by atoms with van der Waals surface area (Å²) in [4.78, 5) is 26.9. The van der Waals surface area contributed by atoms with Crippen LogP contribution in [0.4, 0.5) is 5.69 Å². The van der Waals surface area contributed by atoms with E-state index in [0.717, 1.165) is 56.0 Å². The summed E-state index contributed by atoms with van der Waals surface area (Å²) in [7, 11) is 0. The number of hydrogen-bond acceptors (Lipinski definition) is 4. The van der Waals surface area contributed by atoms with Crippen molar-refractivity contribution in [3.8, 4) is 11.1 Å². The summed E-state index contributed by atoms with van der Waals surface area (Å²) in [5.41, 5.74) is 8.92. The second-order valence-electron chi connectivity index (χ2n) is 7.89. The number of hydrogen-bond donors (Lipinski definition) is 2. The molecule has 34 heavy (non-hydrogen) atoms. The Morgan fingerprint density at radius 3 is 1.74 bits per heavy atom. The van der Waals surface area contributed by atoms with E-state index in [-0.39, 0.29) is 27.4 Å². The largest absolute Gasteiger partial charge is 0.355 e. The first-order valence-electron chi connectivity index (χ1n) is 10.4. The van der Waals surface area contributed by atoms with Crippen molar-refractivity contribution in [3.05, 3.63) is 99.6 Å². The monoisotopic (exact) mass is 479 g/mol. The molecule has 0 aliphatic carbocycles. The zero-order valence-corrected chi connectivity index (χ0v) is 19.4. The van der Waals surface area contributed by atoms with Gasteiger partial charge in [-0.15, -0.1) is 0 Å². The molecule has 2 N–H and O–H groups in total. The van der Waals surface area contributed by atoms with Gasteiger partial charge in [-0.05, 0) is 84.5 Å². The smallest absolute Gasteiger partial charge is 0.269 e. The molecule has 1 aromatic carbocycles. The van der Waals surface area contributed by atoms with Crippen molar-refractivity contribution in [2.75, 3.05) is 0 Å². The predicted octanol–water partition coefficient (Wildman–Crippen LogP) is 6.23. The molecule has 0 saturated heterocycles. The van der Waals surface area contributed by atoms with E-state index >= 15 is 0 Å². The van der Waals surface area contributed by atoms with Gasteiger partial charge in [0.15, 0.2) is 0 Å². The Morgan fingerprint density at radius 1 is 0.647 bits per heavy atom. The molecule has 4 aromatic rings. The number of nitro benzene ring substituents is 1. The molecule has 7 nitrogen and oxygen atoms in total. The Hall–Kier alpha value is -4.07. The van der Waals surface area contributed by atoms with Gasteiger partial charge >= 0.3 is 0 Å². The topological polar surface area (TPSA) is 100 Å². The number of fused-ring (bicyclic) bond motifs is 8. The molecule has 0 amide bonds. The van der Waals surface area contributed by atoms with Crippen molar-refractivity contribution >= 4 is 52.1 Å². The number of nitrogens with zero attached hydrogens (tertiary/aromatic N) is 3. The van der Waals surface area contributed by atoms with E-state index in [4.69, 9.17) is 9.97 Å². The molecule has 8 heteroatoms. The molecule has 0 atom stereocenters. The molecule has 2 aliphatic heterocycles. The van der Waals surface area contributed by atoms with Crippen molar-refractivity contribution in [1.82, 2.24) is 19.9 Å². The number of aromatic amines is 2. The number of nitro groups is 1. The first-order chi connectivity index (χ1) is 16.1. The van der Waals surface area contributed by atoms with Crippen LogP contribution in [0.15, 0.2) is 66.7 Å². The summed E-state index contributed by atoms with van der Waals surface area (Å²) in [6.45, 7) is 0. The maximum Gasteiger partial charge on any atom is 0.269 e. The van der Waals surface area contributed by atoms with E-state index < -0.39 is 4.92 Å². The maximum atomic E-state index is 11.1. The van der Waals surface area contributed by atoms with Crippen molar-refractivity contribution in [2.45, 2.75) is 0 Å². The van der Waals surface area contributed by atoms with Crippen LogP contribution >= 0.6 is 0 Å². The molecular weight excluding hydrogens is 462 g/mol. The van der Waals surface area contributed by atoms with Crippen LogP contribution in [0.25, 0.3) is 57.5 Å². The van der Waals surface area contributed by atoms with E-state index in [1.807, 2.05) is 66.8 Å². The Morgan fingerprint density at radius 2 is 1.18 bits per heavy atom. The van der Waals surface area contributed by atoms with E-state index in [0.29, 0.717) is 0 Å². The van der Waals surface area contributed by atoms with Gasteiger partial charge < -0.3 is 9.97 Å². The zero-order valence-electron chi connectivity index (χ0n) is 17.8. The van der Waals surface area contributed by atoms with Gasteiger partial charge in [0.25, 0.3) is 5.69 Å². The molecule has 0 saturated carbocycles. The van der Waals surface area contributed by atoms with Crippen LogP contribution < -0.4 is 0 Å². The first kappa shape index (κ1) is 21.8. The summed E-state index contributed by atoms with van der Waals surface area (Å²) in [5.74, 6) is 0. The Kier molecular flexibility index (Phi) is 5.57. The van der Waals surface area contributed by atoms with Gasteiger partial charge in [0.05, 0.1) is 27.7 Å². The fourth-order valence-electron chi connectivity index (χ4n) is 4.02. The molecule has 0 spiro atoms. The van der Waals surface area contributed by atoms with Crippen LogP contribution in [0.3, 0.4) is 0 Å². The third-order valence-corrected chi connectivity index (χ3v) is 5.56. The van der Waals surface area contributed by atoms with Crippen LogP contribution in [-0.2, 0) is 21.7 Å². The summed E-state index contributed by atoms with van der Waals surface area (Å²) >= 11 is 0. The number of nitrogens with one attached hydrogen (secondary N) is 2. The fraction of sp³-hybridized carbons (Fsp3) is 0. The van der Waals surface area contributed by atoms with E-state index in [9.17, 15) is 10.1 Å². The minimum absolute atomic E-state index is 0. The molecular formula is C26H17N5O2Ti. The molecule has 2 aliphatic rings. The van der Waals surface area contributed by atoms with Crippen molar-refractivity contribution in [3.63, 3.8) is 0 Å². The Labute approximate surface area is 209 Å². The van der Waals surface area contributed by atoms with Crippen LogP contribution in [0.5, 0.6) is 0 Å². The number of H-pyrrole nitrogens is 2. The molecule has 3 aromatic heterocycles. The minimum Gasteiger partial charge on any atom is -0.355 e. The normalized spacial score (nSPS) is 11.9. The second-order valence-corrected chi connectivity index (χ2v) is 7.89. The number of aromatic nitrogens is 4. The Bertz CT molecular complexity index is 1650. The van der Waals surface area contributed by atoms with Crippen LogP contribution in [0.2, 0.25) is 0 Å². The summed E-state index contributed by atoms with van der Waals surface area (Å²) < 4.78 is 0. The van der Waals surface area contributed by atoms with E-state index in [1.54, 1.807) is 12.1 Å². The summed E-state index contributed by atoms with van der Waals surface area (Å²) in [5, 5.41) is 11.1. The fourth-order valence-corrected chi connectivity index (χ4v) is 4.02. The number of benzene rings is 1.